The zero-order chi connectivity index (χ0) is 58.7. The van der Waals surface area contributed by atoms with Crippen molar-refractivity contribution in [2.24, 2.45) is 92.7 Å². The summed E-state index contributed by atoms with van der Waals surface area (Å²) in [5, 5.41) is 6.31. The van der Waals surface area contributed by atoms with E-state index in [4.69, 9.17) is 0 Å². The van der Waals surface area contributed by atoms with Gasteiger partial charge in [0.15, 0.2) is 0 Å². The van der Waals surface area contributed by atoms with Crippen molar-refractivity contribution < 1.29 is 0 Å². The van der Waals surface area contributed by atoms with Gasteiger partial charge in [-0.05, 0) is 464 Å². The molecular formula is C91H90N2. The van der Waals surface area contributed by atoms with Gasteiger partial charge in [-0.1, -0.05) is 24.3 Å². The first-order chi connectivity index (χ1) is 45.8. The van der Waals surface area contributed by atoms with Gasteiger partial charge in [-0.25, -0.2) is 0 Å². The van der Waals surface area contributed by atoms with Crippen LogP contribution in [0.15, 0.2) is 97.1 Å². The van der Waals surface area contributed by atoms with E-state index in [1.165, 1.54) is 183 Å². The maximum Gasteiger partial charge on any atom is 0.0620 e. The summed E-state index contributed by atoms with van der Waals surface area (Å²) in [6.45, 7) is 0. The zero-order valence-electron chi connectivity index (χ0n) is 54.7. The fraction of sp³-hybridized carbons (Fsp3) is 0.582. The second-order valence-electron chi connectivity index (χ2n) is 39.5. The van der Waals surface area contributed by atoms with Crippen molar-refractivity contribution in [2.75, 3.05) is 9.80 Å². The molecule has 30 rings (SSSR count). The smallest absolute Gasteiger partial charge is 0.0620 e. The van der Waals surface area contributed by atoms with Crippen LogP contribution in [0.4, 0.5) is 34.1 Å². The van der Waals surface area contributed by atoms with Crippen LogP contribution in [0.25, 0.3) is 21.5 Å². The van der Waals surface area contributed by atoms with Gasteiger partial charge >= 0.3 is 0 Å². The van der Waals surface area contributed by atoms with Gasteiger partial charge in [0.25, 0.3) is 0 Å². The Morgan fingerprint density at radius 1 is 0.237 bits per heavy atom. The number of nitrogens with zero attached hydrogens (tertiary/aromatic N) is 2. The molecule has 23 aliphatic rings. The first-order valence-electron chi connectivity index (χ1n) is 40.1. The van der Waals surface area contributed by atoms with Crippen molar-refractivity contribution >= 4 is 55.7 Å². The maximum absolute atomic E-state index is 3.06. The molecule has 16 fully saturated rings. The molecule has 0 amide bonds. The third-order valence-electron chi connectivity index (χ3n) is 38.1. The Morgan fingerprint density at radius 3 is 0.978 bits per heavy atom. The SMILES string of the molecule is c1cc2c(cc1N(c1ccc3c(c1)C1CC4CC5CC3CC541)c1c3cc4c(cc3c(N(c3ccc5c(c3)C3CC6CC7CC5CC763)c3ccc5c(c3)C3CC6CC7CC5CC763)c3cc5c(cc13)C1CC3CC6CC5CC631)C1CC3CC(C1)C4C3)C1CC3CC(CC2C3)C1. The second kappa shape index (κ2) is 15.3. The highest BCUT2D eigenvalue weighted by atomic mass is 15.2. The molecule has 0 saturated heterocycles. The Morgan fingerprint density at radius 2 is 0.548 bits per heavy atom. The second-order valence-corrected chi connectivity index (χ2v) is 39.5. The molecule has 26 atom stereocenters. The van der Waals surface area contributed by atoms with Crippen molar-refractivity contribution in [2.45, 2.75) is 232 Å². The minimum absolute atomic E-state index is 0.575. The van der Waals surface area contributed by atoms with Gasteiger partial charge in [0, 0.05) is 44.3 Å². The summed E-state index contributed by atoms with van der Waals surface area (Å²) in [4.78, 5) is 6.12. The average Bonchev–Trinajstić information content (AvgIpc) is 1.57. The molecule has 93 heavy (non-hydrogen) atoms. The predicted molar refractivity (Wildman–Crippen MR) is 371 cm³/mol. The topological polar surface area (TPSA) is 6.48 Å². The van der Waals surface area contributed by atoms with Crippen LogP contribution in [0.1, 0.15) is 298 Å². The van der Waals surface area contributed by atoms with Crippen molar-refractivity contribution in [1.29, 1.82) is 0 Å². The van der Waals surface area contributed by atoms with Crippen LogP contribution in [0.3, 0.4) is 0 Å². The molecule has 7 aromatic carbocycles. The van der Waals surface area contributed by atoms with Crippen LogP contribution in [-0.4, -0.2) is 0 Å². The lowest BCUT2D eigenvalue weighted by Gasteiger charge is -2.68. The molecule has 23 aliphatic carbocycles. The van der Waals surface area contributed by atoms with Crippen molar-refractivity contribution in [3.63, 3.8) is 0 Å². The molecule has 26 unspecified atom stereocenters. The minimum atomic E-state index is 0.575. The van der Waals surface area contributed by atoms with Gasteiger partial charge in [-0.2, -0.15) is 0 Å². The lowest BCUT2D eigenvalue weighted by Crippen LogP contribution is -2.59. The summed E-state index contributed by atoms with van der Waals surface area (Å²) in [6, 6.07) is 45.6. The third-order valence-corrected chi connectivity index (χ3v) is 38.1. The van der Waals surface area contributed by atoms with Crippen molar-refractivity contribution in [3.8, 4) is 0 Å². The van der Waals surface area contributed by atoms with Crippen LogP contribution in [0.5, 0.6) is 0 Å². The summed E-state index contributed by atoms with van der Waals surface area (Å²) >= 11 is 0. The van der Waals surface area contributed by atoms with E-state index in [0.717, 1.165) is 118 Å². The molecule has 2 heteroatoms. The van der Waals surface area contributed by atoms with E-state index in [9.17, 15) is 0 Å². The van der Waals surface area contributed by atoms with E-state index < -0.39 is 0 Å². The van der Waals surface area contributed by atoms with Crippen molar-refractivity contribution in [1.82, 2.24) is 0 Å². The van der Waals surface area contributed by atoms with Gasteiger partial charge in [-0.3, -0.25) is 0 Å². The highest BCUT2D eigenvalue weighted by Crippen LogP contribution is 2.86. The highest BCUT2D eigenvalue weighted by Gasteiger charge is 2.76. The van der Waals surface area contributed by atoms with Crippen LogP contribution in [-0.2, 0) is 0 Å². The predicted octanol–water partition coefficient (Wildman–Crippen LogP) is 23.3. The molecule has 7 aromatic rings. The lowest BCUT2D eigenvalue weighted by molar-refractivity contribution is -0.146. The van der Waals surface area contributed by atoms with E-state index in [1.54, 1.807) is 99.7 Å². The minimum Gasteiger partial charge on any atom is -0.309 e. The zero-order valence-corrected chi connectivity index (χ0v) is 54.7. The Labute approximate surface area is 550 Å². The Kier molecular flexibility index (Phi) is 8.11. The number of hydrogen-bond donors (Lipinski definition) is 0. The van der Waals surface area contributed by atoms with E-state index in [0.29, 0.717) is 45.3 Å². The summed E-state index contributed by atoms with van der Waals surface area (Å²) in [5.74, 6) is 20.1. The first-order valence-corrected chi connectivity index (χ1v) is 40.1. The number of anilines is 6. The fourth-order valence-electron chi connectivity index (χ4n) is 35.0. The van der Waals surface area contributed by atoms with E-state index in [-0.39, 0.29) is 0 Å². The fourth-order valence-corrected chi connectivity index (χ4v) is 35.0. The quantitative estimate of drug-likeness (QED) is 0.121. The maximum atomic E-state index is 3.06. The normalized spacial score (nSPS) is 48.6. The molecule has 15 bridgehead atoms. The monoisotopic (exact) mass is 1210 g/mol. The van der Waals surface area contributed by atoms with Gasteiger partial charge < -0.3 is 9.80 Å². The van der Waals surface area contributed by atoms with Gasteiger partial charge in [-0.15, -0.1) is 0 Å². The summed E-state index contributed by atoms with van der Waals surface area (Å²) in [5.41, 5.74) is 32.6. The average molecular weight is 1210 g/mol. The lowest BCUT2D eigenvalue weighted by atomic mass is 9.36. The number of hydrogen-bond acceptors (Lipinski definition) is 2. The van der Waals surface area contributed by atoms with Gasteiger partial charge in [0.2, 0.25) is 0 Å². The molecule has 0 heterocycles. The molecule has 464 valence electrons. The first kappa shape index (κ1) is 49.2. The third kappa shape index (κ3) is 5.17. The van der Waals surface area contributed by atoms with Crippen LogP contribution in [0, 0.1) is 92.7 Å². The Balaban J connectivity index is 0.747. The molecule has 0 radical (unpaired) electrons. The summed E-state index contributed by atoms with van der Waals surface area (Å²) in [7, 11) is 0. The van der Waals surface area contributed by atoms with E-state index in [1.807, 2.05) is 0 Å². The van der Waals surface area contributed by atoms with E-state index in [2.05, 4.69) is 107 Å². The summed E-state index contributed by atoms with van der Waals surface area (Å²) < 4.78 is 0. The largest absolute Gasteiger partial charge is 0.309 e. The molecule has 0 aromatic heterocycles. The summed E-state index contributed by atoms with van der Waals surface area (Å²) in [6.07, 6.45) is 36.4. The van der Waals surface area contributed by atoms with Crippen LogP contribution < -0.4 is 9.80 Å². The van der Waals surface area contributed by atoms with Crippen molar-refractivity contribution in [3.05, 3.63) is 164 Å². The molecule has 16 saturated carbocycles. The Hall–Kier alpha value is -5.34. The molecule has 0 N–H and O–H groups in total. The highest BCUT2D eigenvalue weighted by molar-refractivity contribution is 6.24. The van der Waals surface area contributed by atoms with Crippen LogP contribution >= 0.6 is 0 Å². The number of fused-ring (bicyclic) bond motifs is 23. The molecule has 0 aliphatic heterocycles. The van der Waals surface area contributed by atoms with Gasteiger partial charge in [0.1, 0.15) is 0 Å². The van der Waals surface area contributed by atoms with E-state index >= 15 is 0 Å². The molecule has 2 nitrogen and oxygen atoms in total. The number of rotatable bonds is 6. The Bertz CT molecular complexity index is 4690. The van der Waals surface area contributed by atoms with Gasteiger partial charge in [0.05, 0.1) is 11.4 Å². The number of benzene rings is 7. The standard InChI is InChI=1S/C91H90N2/c1-5-65-45-10-42-9-43(11-45)13-46(12-42)70(65)30-61(1)92(62-2-6-66-49-18-53-22-57-26-82(74(66)31-62)88(53,57)38-49)87-80-36-73-69-16-44-14-47(69)17-48(15-44)71(73)34-78(80)86(79-35-72-52-21-56-25-60-29-85(91(56,60)41-52)77(72)37-81(79)87)93(63-3-7-67-50-19-54-23-58-27-83(75(67)32-63)89(54,58)39-50)64-4-8-68-51-20-55-24-59-28-84(76(68)33-64)90(55,59)40-51/h1-8,30-37,42-60,69,82-85H,9-29,38-41H2. The van der Waals surface area contributed by atoms with Crippen LogP contribution in [0.2, 0.25) is 0 Å². The molecule has 4 spiro atoms. The molecular weight excluding hydrogens is 1120 g/mol.